The van der Waals surface area contributed by atoms with Crippen LogP contribution < -0.4 is 5.32 Å². The Hall–Kier alpha value is -0.830. The van der Waals surface area contributed by atoms with Crippen molar-refractivity contribution in [2.45, 2.75) is 19.3 Å². The summed E-state index contributed by atoms with van der Waals surface area (Å²) in [7, 11) is 3.93. The number of hydrogen-bond acceptors (Lipinski definition) is 2. The molecule has 0 spiro atoms. The van der Waals surface area contributed by atoms with Crippen molar-refractivity contribution in [1.82, 2.24) is 15.1 Å². The molecule has 0 aromatic carbocycles. The molecule has 0 saturated carbocycles. The molecule has 0 amide bonds. The summed E-state index contributed by atoms with van der Waals surface area (Å²) >= 11 is 0. The molecule has 1 aromatic heterocycles. The Labute approximate surface area is 73.8 Å². The molecule has 68 valence electrons. The van der Waals surface area contributed by atoms with Crippen molar-refractivity contribution in [3.8, 4) is 0 Å². The van der Waals surface area contributed by atoms with E-state index in [4.69, 9.17) is 0 Å². The highest BCUT2D eigenvalue weighted by atomic mass is 15.2. The van der Waals surface area contributed by atoms with E-state index in [9.17, 15) is 0 Å². The first-order chi connectivity index (χ1) is 5.74. The van der Waals surface area contributed by atoms with E-state index >= 15 is 0 Å². The molecular weight excluding hydrogens is 150 g/mol. The predicted molar refractivity (Wildman–Crippen MR) is 50.2 cm³/mol. The second kappa shape index (κ2) is 4.26. The average molecular weight is 167 g/mol. The summed E-state index contributed by atoms with van der Waals surface area (Å²) in [6.07, 6.45) is 5.20. The van der Waals surface area contributed by atoms with Crippen LogP contribution in [0, 0.1) is 0 Å². The minimum absolute atomic E-state index is 0.603. The van der Waals surface area contributed by atoms with E-state index in [2.05, 4.69) is 23.5 Å². The largest absolute Gasteiger partial charge is 0.320 e. The molecule has 0 aliphatic rings. The van der Waals surface area contributed by atoms with Gasteiger partial charge in [0, 0.05) is 13.2 Å². The molecule has 0 saturated heterocycles. The molecule has 0 bridgehead atoms. The van der Waals surface area contributed by atoms with Gasteiger partial charge in [-0.05, 0) is 31.5 Å². The van der Waals surface area contributed by atoms with Crippen molar-refractivity contribution in [2.75, 3.05) is 13.6 Å². The quantitative estimate of drug-likeness (QED) is 0.728. The van der Waals surface area contributed by atoms with Crippen LogP contribution in [0.1, 0.15) is 24.8 Å². The zero-order chi connectivity index (χ0) is 8.97. The number of nitrogens with one attached hydrogen (secondary N) is 1. The van der Waals surface area contributed by atoms with Gasteiger partial charge in [0.05, 0.1) is 6.20 Å². The van der Waals surface area contributed by atoms with Gasteiger partial charge in [-0.15, -0.1) is 0 Å². The van der Waals surface area contributed by atoms with Gasteiger partial charge in [0.25, 0.3) is 0 Å². The molecule has 0 fully saturated rings. The first-order valence-electron chi connectivity index (χ1n) is 4.37. The van der Waals surface area contributed by atoms with E-state index in [0.29, 0.717) is 5.92 Å². The van der Waals surface area contributed by atoms with Crippen LogP contribution in [-0.4, -0.2) is 23.4 Å². The third-order valence-corrected chi connectivity index (χ3v) is 2.12. The highest BCUT2D eigenvalue weighted by Gasteiger charge is 2.05. The van der Waals surface area contributed by atoms with Crippen LogP contribution in [0.2, 0.25) is 0 Å². The van der Waals surface area contributed by atoms with Gasteiger partial charge in [-0.3, -0.25) is 4.68 Å². The summed E-state index contributed by atoms with van der Waals surface area (Å²) in [5, 5.41) is 7.29. The first kappa shape index (κ1) is 9.26. The zero-order valence-electron chi connectivity index (χ0n) is 8.04. The normalized spacial score (nSPS) is 13.2. The van der Waals surface area contributed by atoms with Gasteiger partial charge in [-0.25, -0.2) is 0 Å². The van der Waals surface area contributed by atoms with Gasteiger partial charge in [0.1, 0.15) is 0 Å². The highest BCUT2D eigenvalue weighted by Crippen LogP contribution is 2.16. The third-order valence-electron chi connectivity index (χ3n) is 2.12. The van der Waals surface area contributed by atoms with Crippen LogP contribution in [0.3, 0.4) is 0 Å². The Morgan fingerprint density at radius 3 is 2.92 bits per heavy atom. The minimum atomic E-state index is 0.603. The maximum Gasteiger partial charge on any atom is 0.0524 e. The summed E-state index contributed by atoms with van der Waals surface area (Å²) in [5.74, 6) is 0.603. The first-order valence-corrected chi connectivity index (χ1v) is 4.37. The number of rotatable bonds is 4. The van der Waals surface area contributed by atoms with E-state index in [1.165, 1.54) is 12.0 Å². The SMILES string of the molecule is CNCCC(C)c1cnn(C)c1. The van der Waals surface area contributed by atoms with Gasteiger partial charge in [0.15, 0.2) is 0 Å². The Bertz CT molecular complexity index is 229. The smallest absolute Gasteiger partial charge is 0.0524 e. The second-order valence-corrected chi connectivity index (χ2v) is 3.24. The minimum Gasteiger partial charge on any atom is -0.320 e. The summed E-state index contributed by atoms with van der Waals surface area (Å²) in [6, 6.07) is 0. The molecule has 1 rings (SSSR count). The van der Waals surface area contributed by atoms with Gasteiger partial charge in [-0.1, -0.05) is 6.92 Å². The molecule has 3 nitrogen and oxygen atoms in total. The molecule has 1 heterocycles. The lowest BCUT2D eigenvalue weighted by molar-refractivity contribution is 0.635. The number of aromatic nitrogens is 2. The van der Waals surface area contributed by atoms with Crippen molar-refractivity contribution in [1.29, 1.82) is 0 Å². The maximum absolute atomic E-state index is 4.14. The predicted octanol–water partition coefficient (Wildman–Crippen LogP) is 1.13. The van der Waals surface area contributed by atoms with Crippen molar-refractivity contribution < 1.29 is 0 Å². The van der Waals surface area contributed by atoms with Crippen molar-refractivity contribution in [2.24, 2.45) is 7.05 Å². The van der Waals surface area contributed by atoms with Crippen LogP contribution >= 0.6 is 0 Å². The van der Waals surface area contributed by atoms with E-state index in [1.54, 1.807) is 0 Å². The van der Waals surface area contributed by atoms with Crippen LogP contribution in [-0.2, 0) is 7.05 Å². The number of nitrogens with zero attached hydrogens (tertiary/aromatic N) is 2. The maximum atomic E-state index is 4.14. The summed E-state index contributed by atoms with van der Waals surface area (Å²) in [6.45, 7) is 3.30. The van der Waals surface area contributed by atoms with E-state index in [-0.39, 0.29) is 0 Å². The topological polar surface area (TPSA) is 29.9 Å². The van der Waals surface area contributed by atoms with E-state index in [0.717, 1.165) is 6.54 Å². The van der Waals surface area contributed by atoms with Gasteiger partial charge >= 0.3 is 0 Å². The Morgan fingerprint density at radius 1 is 1.67 bits per heavy atom. The van der Waals surface area contributed by atoms with Crippen molar-refractivity contribution in [3.05, 3.63) is 18.0 Å². The lowest BCUT2D eigenvalue weighted by atomic mass is 10.0. The molecular formula is C9H17N3. The fraction of sp³-hybridized carbons (Fsp3) is 0.667. The molecule has 0 aliphatic carbocycles. The summed E-state index contributed by atoms with van der Waals surface area (Å²) in [4.78, 5) is 0. The van der Waals surface area contributed by atoms with Crippen LogP contribution in [0.4, 0.5) is 0 Å². The van der Waals surface area contributed by atoms with Crippen molar-refractivity contribution in [3.63, 3.8) is 0 Å². The van der Waals surface area contributed by atoms with Gasteiger partial charge in [-0.2, -0.15) is 5.10 Å². The van der Waals surface area contributed by atoms with Crippen LogP contribution in [0.15, 0.2) is 12.4 Å². The lowest BCUT2D eigenvalue weighted by Crippen LogP contribution is -2.10. The monoisotopic (exact) mass is 167 g/mol. The Morgan fingerprint density at radius 2 is 2.42 bits per heavy atom. The molecule has 12 heavy (non-hydrogen) atoms. The number of hydrogen-bond donors (Lipinski definition) is 1. The fourth-order valence-electron chi connectivity index (χ4n) is 1.22. The van der Waals surface area contributed by atoms with Gasteiger partial charge in [0.2, 0.25) is 0 Å². The Balaban J connectivity index is 2.47. The summed E-state index contributed by atoms with van der Waals surface area (Å²) < 4.78 is 1.85. The zero-order valence-corrected chi connectivity index (χ0v) is 8.04. The van der Waals surface area contributed by atoms with Gasteiger partial charge < -0.3 is 5.32 Å². The van der Waals surface area contributed by atoms with Crippen molar-refractivity contribution >= 4 is 0 Å². The molecule has 3 heteroatoms. The van der Waals surface area contributed by atoms with Crippen LogP contribution in [0.25, 0.3) is 0 Å². The fourth-order valence-corrected chi connectivity index (χ4v) is 1.22. The number of aryl methyl sites for hydroxylation is 1. The molecule has 1 aromatic rings. The van der Waals surface area contributed by atoms with E-state index in [1.807, 2.05) is 25.0 Å². The standard InChI is InChI=1S/C9H17N3/c1-8(4-5-10-2)9-6-11-12(3)7-9/h6-8,10H,4-5H2,1-3H3. The molecule has 1 N–H and O–H groups in total. The lowest BCUT2D eigenvalue weighted by Gasteiger charge is -2.07. The van der Waals surface area contributed by atoms with Crippen LogP contribution in [0.5, 0.6) is 0 Å². The molecule has 0 aliphatic heterocycles. The van der Waals surface area contributed by atoms with E-state index < -0.39 is 0 Å². The summed E-state index contributed by atoms with van der Waals surface area (Å²) in [5.41, 5.74) is 1.33. The molecule has 1 atom stereocenters. The third kappa shape index (κ3) is 2.34. The highest BCUT2D eigenvalue weighted by molar-refractivity contribution is 5.09. The molecule has 1 unspecified atom stereocenters. The second-order valence-electron chi connectivity index (χ2n) is 3.24. The Kier molecular flexibility index (Phi) is 3.29. The average Bonchev–Trinajstić information content (AvgIpc) is 2.47. The molecule has 0 radical (unpaired) electrons.